The number of hydrogen-bond acceptors (Lipinski definition) is 5. The van der Waals surface area contributed by atoms with Gasteiger partial charge in [0, 0.05) is 6.20 Å². The zero-order valence-corrected chi connectivity index (χ0v) is 11.8. The lowest BCUT2D eigenvalue weighted by Crippen LogP contribution is -2.04. The maximum Gasteiger partial charge on any atom is 0.339 e. The van der Waals surface area contributed by atoms with E-state index in [4.69, 9.17) is 14.6 Å². The van der Waals surface area contributed by atoms with Gasteiger partial charge in [0.2, 0.25) is 0 Å². The number of aromatic nitrogens is 3. The first-order chi connectivity index (χ1) is 10.7. The minimum Gasteiger partial charge on any atom is -0.493 e. The fourth-order valence-electron chi connectivity index (χ4n) is 2.11. The molecule has 3 aromatic rings. The molecule has 7 heteroatoms. The molecule has 0 saturated heterocycles. The summed E-state index contributed by atoms with van der Waals surface area (Å²) in [4.78, 5) is 11.2. The van der Waals surface area contributed by atoms with Crippen LogP contribution in [0, 0.1) is 0 Å². The quantitative estimate of drug-likeness (QED) is 0.775. The second-order valence-corrected chi connectivity index (χ2v) is 4.48. The van der Waals surface area contributed by atoms with Crippen LogP contribution in [0.15, 0.2) is 42.6 Å². The molecular formula is C15H13N3O4. The second kappa shape index (κ2) is 5.72. The van der Waals surface area contributed by atoms with E-state index in [9.17, 15) is 4.79 Å². The van der Waals surface area contributed by atoms with Crippen molar-refractivity contribution in [2.45, 2.75) is 6.61 Å². The summed E-state index contributed by atoms with van der Waals surface area (Å²) in [5, 5.41) is 17.0. The highest BCUT2D eigenvalue weighted by Crippen LogP contribution is 2.26. The number of carboxylic acids is 1. The summed E-state index contributed by atoms with van der Waals surface area (Å²) in [6.07, 6.45) is 1.70. The van der Waals surface area contributed by atoms with E-state index in [0.717, 1.165) is 0 Å². The van der Waals surface area contributed by atoms with Crippen LogP contribution in [0.5, 0.6) is 11.5 Å². The van der Waals surface area contributed by atoms with Gasteiger partial charge in [-0.3, -0.25) is 4.40 Å². The van der Waals surface area contributed by atoms with Crippen molar-refractivity contribution in [3.63, 3.8) is 0 Å². The molecule has 3 rings (SSSR count). The molecule has 0 amide bonds. The summed E-state index contributed by atoms with van der Waals surface area (Å²) in [6, 6.07) is 10.4. The molecule has 7 nitrogen and oxygen atoms in total. The predicted octanol–water partition coefficient (Wildman–Crippen LogP) is 2.02. The summed E-state index contributed by atoms with van der Waals surface area (Å²) in [5.41, 5.74) is 0.382. The van der Waals surface area contributed by atoms with Crippen LogP contribution in [0.2, 0.25) is 0 Å². The van der Waals surface area contributed by atoms with E-state index in [-0.39, 0.29) is 17.8 Å². The molecular weight excluding hydrogens is 286 g/mol. The maximum absolute atomic E-state index is 11.2. The van der Waals surface area contributed by atoms with Gasteiger partial charge in [-0.05, 0) is 24.3 Å². The molecule has 0 aliphatic rings. The third-order valence-electron chi connectivity index (χ3n) is 3.16. The number of pyridine rings is 1. The minimum absolute atomic E-state index is 0.0959. The topological polar surface area (TPSA) is 86.0 Å². The van der Waals surface area contributed by atoms with Gasteiger partial charge < -0.3 is 14.6 Å². The lowest BCUT2D eigenvalue weighted by molar-refractivity contribution is 0.0698. The van der Waals surface area contributed by atoms with Gasteiger partial charge >= 0.3 is 5.97 Å². The Bertz CT molecular complexity index is 829. The van der Waals surface area contributed by atoms with E-state index in [0.29, 0.717) is 17.3 Å². The van der Waals surface area contributed by atoms with Crippen molar-refractivity contribution in [3.05, 3.63) is 54.0 Å². The zero-order valence-electron chi connectivity index (χ0n) is 11.8. The summed E-state index contributed by atoms with van der Waals surface area (Å²) in [5.74, 6) is 0.651. The van der Waals surface area contributed by atoms with Gasteiger partial charge in [-0.2, -0.15) is 0 Å². The number of ether oxygens (including phenoxy) is 2. The highest BCUT2D eigenvalue weighted by atomic mass is 16.5. The van der Waals surface area contributed by atoms with Gasteiger partial charge in [0.05, 0.1) is 7.11 Å². The number of methoxy groups -OCH3 is 1. The van der Waals surface area contributed by atoms with Crippen molar-refractivity contribution < 1.29 is 19.4 Å². The normalized spacial score (nSPS) is 10.6. The van der Waals surface area contributed by atoms with Crippen molar-refractivity contribution in [1.29, 1.82) is 0 Å². The van der Waals surface area contributed by atoms with E-state index in [1.54, 1.807) is 35.9 Å². The molecule has 2 aromatic heterocycles. The van der Waals surface area contributed by atoms with Crippen LogP contribution < -0.4 is 9.47 Å². The molecule has 112 valence electrons. The summed E-state index contributed by atoms with van der Waals surface area (Å²) in [7, 11) is 1.56. The Balaban J connectivity index is 1.89. The van der Waals surface area contributed by atoms with Gasteiger partial charge in [-0.1, -0.05) is 12.1 Å². The van der Waals surface area contributed by atoms with Crippen molar-refractivity contribution in [1.82, 2.24) is 14.6 Å². The SMILES string of the molecule is COc1ccccc1OCc1nnc2c(C(=O)O)cccn12. The number of aromatic carboxylic acids is 1. The molecule has 0 spiro atoms. The number of benzene rings is 1. The summed E-state index contributed by atoms with van der Waals surface area (Å²) in [6.45, 7) is 0.143. The van der Waals surface area contributed by atoms with Crippen LogP contribution in [-0.2, 0) is 6.61 Å². The van der Waals surface area contributed by atoms with Crippen molar-refractivity contribution in [2.75, 3.05) is 7.11 Å². The average Bonchev–Trinajstić information content (AvgIpc) is 2.96. The lowest BCUT2D eigenvalue weighted by Gasteiger charge is -2.09. The van der Waals surface area contributed by atoms with Crippen LogP contribution in [0.3, 0.4) is 0 Å². The van der Waals surface area contributed by atoms with Crippen molar-refractivity contribution in [3.8, 4) is 11.5 Å². The van der Waals surface area contributed by atoms with Gasteiger partial charge in [-0.25, -0.2) is 4.79 Å². The number of carbonyl (C=O) groups is 1. The molecule has 1 N–H and O–H groups in total. The van der Waals surface area contributed by atoms with Crippen molar-refractivity contribution in [2.24, 2.45) is 0 Å². The standard InChI is InChI=1S/C15H13N3O4/c1-21-11-6-2-3-7-12(11)22-9-13-16-17-14-10(15(19)20)5-4-8-18(13)14/h2-8H,9H2,1H3,(H,19,20). The smallest absolute Gasteiger partial charge is 0.339 e. The molecule has 0 aliphatic heterocycles. The third kappa shape index (κ3) is 2.44. The molecule has 1 aromatic carbocycles. The number of hydrogen-bond donors (Lipinski definition) is 1. The third-order valence-corrected chi connectivity index (χ3v) is 3.16. The van der Waals surface area contributed by atoms with Crippen molar-refractivity contribution >= 4 is 11.6 Å². The fraction of sp³-hybridized carbons (Fsp3) is 0.133. The Morgan fingerprint density at radius 2 is 1.95 bits per heavy atom. The van der Waals surface area contributed by atoms with Crippen LogP contribution in [-0.4, -0.2) is 32.8 Å². The molecule has 0 aliphatic carbocycles. The molecule has 0 unspecified atom stereocenters. The van der Waals surface area contributed by atoms with E-state index < -0.39 is 5.97 Å². The Morgan fingerprint density at radius 1 is 1.18 bits per heavy atom. The monoisotopic (exact) mass is 299 g/mol. The largest absolute Gasteiger partial charge is 0.493 e. The van der Waals surface area contributed by atoms with Gasteiger partial charge in [0.1, 0.15) is 12.2 Å². The highest BCUT2D eigenvalue weighted by Gasteiger charge is 2.14. The molecule has 22 heavy (non-hydrogen) atoms. The van der Waals surface area contributed by atoms with Crippen LogP contribution in [0.25, 0.3) is 5.65 Å². The van der Waals surface area contributed by atoms with Gasteiger partial charge in [-0.15, -0.1) is 10.2 Å². The highest BCUT2D eigenvalue weighted by molar-refractivity contribution is 5.94. The maximum atomic E-state index is 11.2. The first-order valence-electron chi connectivity index (χ1n) is 6.52. The number of nitrogens with zero attached hydrogens (tertiary/aromatic N) is 3. The van der Waals surface area contributed by atoms with Gasteiger partial charge in [0.15, 0.2) is 23.0 Å². The zero-order chi connectivity index (χ0) is 15.5. The Morgan fingerprint density at radius 3 is 2.68 bits per heavy atom. The molecule has 0 radical (unpaired) electrons. The van der Waals surface area contributed by atoms with E-state index in [1.165, 1.54) is 6.07 Å². The Kier molecular flexibility index (Phi) is 3.61. The van der Waals surface area contributed by atoms with E-state index in [2.05, 4.69) is 10.2 Å². The predicted molar refractivity (Wildman–Crippen MR) is 77.3 cm³/mol. The minimum atomic E-state index is -1.05. The summed E-state index contributed by atoms with van der Waals surface area (Å²) >= 11 is 0. The first-order valence-corrected chi connectivity index (χ1v) is 6.52. The molecule has 2 heterocycles. The van der Waals surface area contributed by atoms with E-state index >= 15 is 0 Å². The van der Waals surface area contributed by atoms with Gasteiger partial charge in [0.25, 0.3) is 0 Å². The van der Waals surface area contributed by atoms with Crippen LogP contribution >= 0.6 is 0 Å². The molecule has 0 bridgehead atoms. The van der Waals surface area contributed by atoms with Crippen LogP contribution in [0.4, 0.5) is 0 Å². The number of para-hydroxylation sites is 2. The molecule has 0 atom stereocenters. The Labute approximate surface area is 125 Å². The Hall–Kier alpha value is -3.09. The number of fused-ring (bicyclic) bond motifs is 1. The summed E-state index contributed by atoms with van der Waals surface area (Å²) < 4.78 is 12.5. The number of rotatable bonds is 5. The molecule has 0 saturated carbocycles. The first kappa shape index (κ1) is 13.9. The lowest BCUT2D eigenvalue weighted by atomic mass is 10.3. The average molecular weight is 299 g/mol. The molecule has 0 fully saturated rings. The fourth-order valence-corrected chi connectivity index (χ4v) is 2.11. The second-order valence-electron chi connectivity index (χ2n) is 4.48. The number of carboxylic acid groups (broad SMARTS) is 1. The van der Waals surface area contributed by atoms with E-state index in [1.807, 2.05) is 12.1 Å². The van der Waals surface area contributed by atoms with Crippen LogP contribution in [0.1, 0.15) is 16.2 Å².